The fraction of sp³-hybridized carbons (Fsp3) is 0.350. The van der Waals surface area contributed by atoms with Crippen molar-refractivity contribution >= 4 is 16.6 Å². The Morgan fingerprint density at radius 2 is 1.80 bits per heavy atom. The number of hydrogen-bond acceptors (Lipinski definition) is 5. The van der Waals surface area contributed by atoms with Gasteiger partial charge in [-0.25, -0.2) is 0 Å². The number of epoxide rings is 1. The van der Waals surface area contributed by atoms with Gasteiger partial charge in [0, 0.05) is 12.0 Å². The lowest BCUT2D eigenvalue weighted by molar-refractivity contribution is -0.187. The van der Waals surface area contributed by atoms with Gasteiger partial charge in [-0.15, -0.1) is 0 Å². The lowest BCUT2D eigenvalue weighted by atomic mass is 9.71. The van der Waals surface area contributed by atoms with Gasteiger partial charge in [-0.3, -0.25) is 4.79 Å². The van der Waals surface area contributed by atoms with Crippen molar-refractivity contribution in [1.29, 1.82) is 0 Å². The molecule has 0 aromatic heterocycles. The van der Waals surface area contributed by atoms with Crippen LogP contribution in [0.2, 0.25) is 0 Å². The third kappa shape index (κ3) is 1.67. The second kappa shape index (κ2) is 4.42. The van der Waals surface area contributed by atoms with Gasteiger partial charge in [0.15, 0.2) is 5.78 Å². The number of benzene rings is 2. The summed E-state index contributed by atoms with van der Waals surface area (Å²) in [5, 5.41) is 12.8. The molecule has 2 aromatic carbocycles. The minimum atomic E-state index is -1.07. The van der Waals surface area contributed by atoms with Gasteiger partial charge < -0.3 is 19.3 Å². The highest BCUT2D eigenvalue weighted by atomic mass is 16.7. The Morgan fingerprint density at radius 1 is 1.08 bits per heavy atom. The molecule has 126 valence electrons. The highest BCUT2D eigenvalue weighted by Gasteiger charge is 2.66. The summed E-state index contributed by atoms with van der Waals surface area (Å²) in [6.07, 6.45) is 1.41. The van der Waals surface area contributed by atoms with Crippen molar-refractivity contribution in [1.82, 2.24) is 0 Å². The second-order valence-electron chi connectivity index (χ2n) is 7.18. The summed E-state index contributed by atoms with van der Waals surface area (Å²) < 4.78 is 18.1. The normalized spacial score (nSPS) is 33.8. The molecule has 4 unspecified atom stereocenters. The fourth-order valence-electron chi connectivity index (χ4n) is 4.66. The van der Waals surface area contributed by atoms with Crippen LogP contribution in [-0.2, 0) is 9.53 Å². The molecule has 4 atom stereocenters. The number of rotatable bonds is 0. The number of carbonyl (C=O) groups excluding carboxylic acids is 1. The topological polar surface area (TPSA) is 68.3 Å². The molecule has 2 aliphatic heterocycles. The van der Waals surface area contributed by atoms with Crippen LogP contribution in [0, 0.1) is 5.92 Å². The van der Waals surface area contributed by atoms with Crippen molar-refractivity contribution in [3.05, 3.63) is 48.0 Å². The number of ketones is 1. The molecule has 2 heterocycles. The first kappa shape index (κ1) is 13.9. The standard InChI is InChI=1S/C20H16O5/c21-16-11-6-3-9-20(15(11)17(22)19-18(16)23-19)24-12-7-1-4-10-5-2-8-13(25-20)14(10)12/h1-2,4-8,15,17-19,22H,3,9H2. The molecule has 1 N–H and O–H groups in total. The molecule has 2 aliphatic carbocycles. The molecule has 1 saturated heterocycles. The van der Waals surface area contributed by atoms with E-state index in [0.717, 1.165) is 22.3 Å². The maximum atomic E-state index is 12.6. The summed E-state index contributed by atoms with van der Waals surface area (Å²) in [7, 11) is 0. The lowest BCUT2D eigenvalue weighted by Gasteiger charge is -2.48. The van der Waals surface area contributed by atoms with E-state index in [4.69, 9.17) is 14.2 Å². The van der Waals surface area contributed by atoms with E-state index in [1.807, 2.05) is 42.5 Å². The van der Waals surface area contributed by atoms with Crippen molar-refractivity contribution in [3.8, 4) is 11.5 Å². The minimum Gasteiger partial charge on any atom is -0.451 e. The molecule has 2 aromatic rings. The molecule has 4 aliphatic rings. The van der Waals surface area contributed by atoms with Crippen LogP contribution in [0.25, 0.3) is 10.8 Å². The van der Waals surface area contributed by atoms with E-state index in [1.54, 1.807) is 0 Å². The van der Waals surface area contributed by atoms with Gasteiger partial charge in [0.25, 0.3) is 5.79 Å². The minimum absolute atomic E-state index is 0.0383. The Hall–Kier alpha value is -2.37. The van der Waals surface area contributed by atoms with E-state index < -0.39 is 30.0 Å². The average Bonchev–Trinajstić information content (AvgIpc) is 3.41. The van der Waals surface area contributed by atoms with E-state index in [-0.39, 0.29) is 5.78 Å². The molecule has 1 saturated carbocycles. The Kier molecular flexibility index (Phi) is 2.45. The Balaban J connectivity index is 1.52. The van der Waals surface area contributed by atoms with Gasteiger partial charge in [-0.05, 0) is 23.9 Å². The molecule has 25 heavy (non-hydrogen) atoms. The number of fused-ring (bicyclic) bond motifs is 3. The number of Topliss-reactive ketones (excluding diaryl/α,β-unsaturated/α-hetero) is 1. The number of aliphatic hydroxyl groups is 1. The van der Waals surface area contributed by atoms with Crippen molar-refractivity contribution in [2.24, 2.45) is 5.92 Å². The smallest absolute Gasteiger partial charge is 0.261 e. The molecule has 0 radical (unpaired) electrons. The van der Waals surface area contributed by atoms with Crippen molar-refractivity contribution in [2.75, 3.05) is 0 Å². The van der Waals surface area contributed by atoms with Crippen LogP contribution < -0.4 is 9.47 Å². The SMILES string of the molecule is O=C1C2=CCCC3(Oc4cccc5cccc(c45)O3)C2C(O)C2OC12. The Morgan fingerprint density at radius 3 is 2.52 bits per heavy atom. The first-order valence-electron chi connectivity index (χ1n) is 8.65. The molecular weight excluding hydrogens is 320 g/mol. The van der Waals surface area contributed by atoms with Crippen LogP contribution in [0.1, 0.15) is 12.8 Å². The first-order valence-corrected chi connectivity index (χ1v) is 8.65. The van der Waals surface area contributed by atoms with Crippen LogP contribution in [0.15, 0.2) is 48.0 Å². The zero-order valence-corrected chi connectivity index (χ0v) is 13.3. The number of carbonyl (C=O) groups is 1. The zero-order valence-electron chi connectivity index (χ0n) is 13.3. The van der Waals surface area contributed by atoms with Gasteiger partial charge in [0.05, 0.1) is 17.4 Å². The van der Waals surface area contributed by atoms with Crippen LogP contribution in [0.4, 0.5) is 0 Å². The van der Waals surface area contributed by atoms with E-state index in [1.165, 1.54) is 0 Å². The average molecular weight is 336 g/mol. The largest absolute Gasteiger partial charge is 0.451 e. The summed E-state index contributed by atoms with van der Waals surface area (Å²) in [4.78, 5) is 12.6. The molecular formula is C20H16O5. The Bertz CT molecular complexity index is 921. The second-order valence-corrected chi connectivity index (χ2v) is 7.18. The number of allylic oxidation sites excluding steroid dienone is 1. The third-order valence-corrected chi connectivity index (χ3v) is 5.81. The Labute approximate surface area is 143 Å². The number of ether oxygens (including phenoxy) is 3. The molecule has 1 spiro atoms. The van der Waals surface area contributed by atoms with Gasteiger partial charge in [0.2, 0.25) is 0 Å². The molecule has 0 bridgehead atoms. The van der Waals surface area contributed by atoms with Crippen LogP contribution in [0.3, 0.4) is 0 Å². The van der Waals surface area contributed by atoms with Crippen molar-refractivity contribution < 1.29 is 24.1 Å². The summed E-state index contributed by atoms with van der Waals surface area (Å²) in [6.45, 7) is 0. The molecule has 6 rings (SSSR count). The van der Waals surface area contributed by atoms with Gasteiger partial charge >= 0.3 is 0 Å². The maximum Gasteiger partial charge on any atom is 0.261 e. The van der Waals surface area contributed by atoms with Crippen LogP contribution in [0.5, 0.6) is 11.5 Å². The summed E-state index contributed by atoms with van der Waals surface area (Å²) in [5.41, 5.74) is 0.587. The number of aliphatic hydroxyl groups excluding tert-OH is 1. The van der Waals surface area contributed by atoms with E-state index in [9.17, 15) is 9.90 Å². The summed E-state index contributed by atoms with van der Waals surface area (Å²) in [5.74, 6) is -0.179. The van der Waals surface area contributed by atoms with Gasteiger partial charge in [-0.1, -0.05) is 30.3 Å². The van der Waals surface area contributed by atoms with E-state index in [2.05, 4.69) is 0 Å². The monoisotopic (exact) mass is 336 g/mol. The predicted octanol–water partition coefficient (Wildman–Crippen LogP) is 2.35. The van der Waals surface area contributed by atoms with Crippen molar-refractivity contribution in [2.45, 2.75) is 36.9 Å². The van der Waals surface area contributed by atoms with E-state index >= 15 is 0 Å². The van der Waals surface area contributed by atoms with Gasteiger partial charge in [0.1, 0.15) is 23.7 Å². The van der Waals surface area contributed by atoms with E-state index in [0.29, 0.717) is 18.4 Å². The van der Waals surface area contributed by atoms with Crippen LogP contribution in [-0.4, -0.2) is 35.0 Å². The molecule has 5 nitrogen and oxygen atoms in total. The highest BCUT2D eigenvalue weighted by molar-refractivity contribution is 6.03. The molecule has 2 fully saturated rings. The fourth-order valence-corrected chi connectivity index (χ4v) is 4.66. The first-order chi connectivity index (χ1) is 12.2. The maximum absolute atomic E-state index is 12.6. The highest BCUT2D eigenvalue weighted by Crippen LogP contribution is 2.53. The molecule has 5 heteroatoms. The molecule has 0 amide bonds. The summed E-state index contributed by atoms with van der Waals surface area (Å²) in [6, 6.07) is 11.8. The zero-order chi connectivity index (χ0) is 16.8. The quantitative estimate of drug-likeness (QED) is 0.748. The number of hydrogen-bond donors (Lipinski definition) is 1. The van der Waals surface area contributed by atoms with Crippen LogP contribution >= 0.6 is 0 Å². The third-order valence-electron chi connectivity index (χ3n) is 5.81. The summed E-state index contributed by atoms with van der Waals surface area (Å²) >= 11 is 0. The predicted molar refractivity (Wildman–Crippen MR) is 88.4 cm³/mol. The lowest BCUT2D eigenvalue weighted by Crippen LogP contribution is -2.60. The van der Waals surface area contributed by atoms with Gasteiger partial charge in [-0.2, -0.15) is 0 Å². The van der Waals surface area contributed by atoms with Crippen molar-refractivity contribution in [3.63, 3.8) is 0 Å².